The van der Waals surface area contributed by atoms with Crippen LogP contribution in [0.25, 0.3) is 0 Å². The van der Waals surface area contributed by atoms with Crippen molar-refractivity contribution in [3.05, 3.63) is 34.3 Å². The van der Waals surface area contributed by atoms with E-state index in [0.717, 1.165) is 5.56 Å². The summed E-state index contributed by atoms with van der Waals surface area (Å²) in [6.45, 7) is 1.91. The van der Waals surface area contributed by atoms with Gasteiger partial charge in [0.1, 0.15) is 0 Å². The highest BCUT2D eigenvalue weighted by atomic mass is 35.5. The highest BCUT2D eigenvalue weighted by Gasteiger charge is 2.04. The van der Waals surface area contributed by atoms with E-state index in [0.29, 0.717) is 17.0 Å². The second-order valence-corrected chi connectivity index (χ2v) is 3.53. The van der Waals surface area contributed by atoms with Gasteiger partial charge in [0.15, 0.2) is 0 Å². The predicted octanol–water partition coefficient (Wildman–Crippen LogP) is 2.10. The first-order chi connectivity index (χ1) is 6.13. The molecule has 0 aliphatic carbocycles. The molecule has 0 saturated carbocycles. The van der Waals surface area contributed by atoms with E-state index >= 15 is 0 Å². The number of halogens is 1. The van der Waals surface area contributed by atoms with Crippen molar-refractivity contribution in [1.82, 2.24) is 0 Å². The van der Waals surface area contributed by atoms with Crippen LogP contribution in [0.2, 0.25) is 5.02 Å². The zero-order valence-electron chi connectivity index (χ0n) is 7.42. The summed E-state index contributed by atoms with van der Waals surface area (Å²) in [5, 5.41) is 9.39. The molecule has 1 rings (SSSR count). The van der Waals surface area contributed by atoms with Crippen LogP contribution in [-0.4, -0.2) is 6.04 Å². The number of nitrogens with two attached hydrogens (primary N) is 1. The molecule has 0 heterocycles. The van der Waals surface area contributed by atoms with Gasteiger partial charge in [-0.3, -0.25) is 0 Å². The van der Waals surface area contributed by atoms with Crippen molar-refractivity contribution in [2.75, 3.05) is 0 Å². The Kier molecular flexibility index (Phi) is 3.30. The van der Waals surface area contributed by atoms with Crippen LogP contribution in [0.1, 0.15) is 18.1 Å². The zero-order valence-corrected chi connectivity index (χ0v) is 8.17. The Bertz CT molecular complexity index is 339. The summed E-state index contributed by atoms with van der Waals surface area (Å²) >= 11 is 5.75. The molecule has 0 bridgehead atoms. The molecule has 2 nitrogen and oxygen atoms in total. The van der Waals surface area contributed by atoms with Gasteiger partial charge in [-0.2, -0.15) is 5.26 Å². The van der Waals surface area contributed by atoms with Gasteiger partial charge in [0.25, 0.3) is 0 Å². The Morgan fingerprint density at radius 2 is 2.31 bits per heavy atom. The topological polar surface area (TPSA) is 49.8 Å². The van der Waals surface area contributed by atoms with Gasteiger partial charge in [0, 0.05) is 11.1 Å². The largest absolute Gasteiger partial charge is 0.328 e. The molecular formula is C10H11ClN2. The van der Waals surface area contributed by atoms with Crippen LogP contribution < -0.4 is 5.73 Å². The summed E-state index contributed by atoms with van der Waals surface area (Å²) in [6, 6.07) is 7.46. The summed E-state index contributed by atoms with van der Waals surface area (Å²) in [6.07, 6.45) is 0.708. The van der Waals surface area contributed by atoms with E-state index in [-0.39, 0.29) is 6.04 Å². The van der Waals surface area contributed by atoms with Crippen molar-refractivity contribution in [1.29, 1.82) is 5.26 Å². The maximum atomic E-state index is 8.81. The Morgan fingerprint density at radius 3 is 2.85 bits per heavy atom. The predicted molar refractivity (Wildman–Crippen MR) is 53.5 cm³/mol. The molecule has 13 heavy (non-hydrogen) atoms. The highest BCUT2D eigenvalue weighted by molar-refractivity contribution is 6.30. The van der Waals surface area contributed by atoms with Gasteiger partial charge in [0.2, 0.25) is 0 Å². The number of nitriles is 1. The van der Waals surface area contributed by atoms with E-state index in [4.69, 9.17) is 22.6 Å². The molecule has 0 aliphatic heterocycles. The molecule has 0 radical (unpaired) electrons. The first-order valence-corrected chi connectivity index (χ1v) is 4.45. The minimum atomic E-state index is 0.0632. The quantitative estimate of drug-likeness (QED) is 0.784. The lowest BCUT2D eigenvalue weighted by atomic mass is 10.0. The zero-order chi connectivity index (χ0) is 9.84. The number of nitrogens with zero attached hydrogens (tertiary/aromatic N) is 1. The second-order valence-electron chi connectivity index (χ2n) is 3.09. The third-order valence-corrected chi connectivity index (χ3v) is 1.97. The molecule has 1 atom stereocenters. The van der Waals surface area contributed by atoms with Crippen molar-refractivity contribution < 1.29 is 0 Å². The van der Waals surface area contributed by atoms with E-state index in [2.05, 4.69) is 6.07 Å². The fourth-order valence-corrected chi connectivity index (χ4v) is 1.35. The number of benzene rings is 1. The van der Waals surface area contributed by atoms with Gasteiger partial charge >= 0.3 is 0 Å². The standard InChI is InChI=1S/C10H11ClN2/c1-7(13)4-8-2-3-10(11)5-9(8)6-12/h2-3,5,7H,4,13H2,1H3/t7-/m0/s1. The molecule has 0 spiro atoms. The SMILES string of the molecule is C[C@H](N)Cc1ccc(Cl)cc1C#N. The molecule has 68 valence electrons. The minimum Gasteiger partial charge on any atom is -0.328 e. The molecule has 3 heteroatoms. The summed E-state index contributed by atoms with van der Waals surface area (Å²) in [5.41, 5.74) is 7.22. The van der Waals surface area contributed by atoms with E-state index in [1.54, 1.807) is 12.1 Å². The average molecular weight is 195 g/mol. The maximum absolute atomic E-state index is 8.81. The molecule has 0 fully saturated rings. The van der Waals surface area contributed by atoms with Gasteiger partial charge in [-0.25, -0.2) is 0 Å². The van der Waals surface area contributed by atoms with Gasteiger partial charge < -0.3 is 5.73 Å². The molecule has 0 unspecified atom stereocenters. The molecule has 1 aromatic carbocycles. The van der Waals surface area contributed by atoms with E-state index < -0.39 is 0 Å². The number of hydrogen-bond acceptors (Lipinski definition) is 2. The normalized spacial score (nSPS) is 12.2. The fourth-order valence-electron chi connectivity index (χ4n) is 1.18. The highest BCUT2D eigenvalue weighted by Crippen LogP contribution is 2.16. The first kappa shape index (κ1) is 10.0. The number of rotatable bonds is 2. The second kappa shape index (κ2) is 4.27. The Labute approximate surface area is 82.9 Å². The molecule has 2 N–H and O–H groups in total. The van der Waals surface area contributed by atoms with Gasteiger partial charge in [-0.05, 0) is 31.0 Å². The fraction of sp³-hybridized carbons (Fsp3) is 0.300. The third-order valence-electron chi connectivity index (χ3n) is 1.73. The van der Waals surface area contributed by atoms with Crippen LogP contribution in [0.3, 0.4) is 0 Å². The maximum Gasteiger partial charge on any atom is 0.0995 e. The van der Waals surface area contributed by atoms with Crippen molar-refractivity contribution in [2.45, 2.75) is 19.4 Å². The van der Waals surface area contributed by atoms with Crippen molar-refractivity contribution in [2.24, 2.45) is 5.73 Å². The van der Waals surface area contributed by atoms with E-state index in [1.807, 2.05) is 13.0 Å². The van der Waals surface area contributed by atoms with Gasteiger partial charge in [0.05, 0.1) is 11.6 Å². The van der Waals surface area contributed by atoms with Gasteiger partial charge in [-0.1, -0.05) is 17.7 Å². The summed E-state index contributed by atoms with van der Waals surface area (Å²) in [7, 11) is 0. The summed E-state index contributed by atoms with van der Waals surface area (Å²) < 4.78 is 0. The first-order valence-electron chi connectivity index (χ1n) is 4.07. The van der Waals surface area contributed by atoms with Crippen LogP contribution in [0.15, 0.2) is 18.2 Å². The lowest BCUT2D eigenvalue weighted by Crippen LogP contribution is -2.18. The molecule has 1 aromatic rings. The molecule has 0 aromatic heterocycles. The molecule has 0 saturated heterocycles. The van der Waals surface area contributed by atoms with Crippen LogP contribution in [-0.2, 0) is 6.42 Å². The van der Waals surface area contributed by atoms with Crippen molar-refractivity contribution >= 4 is 11.6 Å². The van der Waals surface area contributed by atoms with E-state index in [9.17, 15) is 0 Å². The molecule has 0 aliphatic rings. The lowest BCUT2D eigenvalue weighted by Gasteiger charge is -2.06. The van der Waals surface area contributed by atoms with Crippen LogP contribution in [0, 0.1) is 11.3 Å². The van der Waals surface area contributed by atoms with E-state index in [1.165, 1.54) is 0 Å². The average Bonchev–Trinajstić information content (AvgIpc) is 2.07. The van der Waals surface area contributed by atoms with Crippen molar-refractivity contribution in [3.8, 4) is 6.07 Å². The van der Waals surface area contributed by atoms with Crippen molar-refractivity contribution in [3.63, 3.8) is 0 Å². The van der Waals surface area contributed by atoms with Crippen LogP contribution >= 0.6 is 11.6 Å². The monoisotopic (exact) mass is 194 g/mol. The third kappa shape index (κ3) is 2.73. The number of hydrogen-bond donors (Lipinski definition) is 1. The Hall–Kier alpha value is -1.04. The molecular weight excluding hydrogens is 184 g/mol. The lowest BCUT2D eigenvalue weighted by molar-refractivity contribution is 0.737. The molecule has 0 amide bonds. The summed E-state index contributed by atoms with van der Waals surface area (Å²) in [4.78, 5) is 0. The Balaban J connectivity index is 3.01. The minimum absolute atomic E-state index is 0.0632. The van der Waals surface area contributed by atoms with Gasteiger partial charge in [-0.15, -0.1) is 0 Å². The Morgan fingerprint density at radius 1 is 1.62 bits per heavy atom. The smallest absolute Gasteiger partial charge is 0.0995 e. The van der Waals surface area contributed by atoms with Crippen LogP contribution in [0.4, 0.5) is 0 Å². The summed E-state index contributed by atoms with van der Waals surface area (Å²) in [5.74, 6) is 0. The van der Waals surface area contributed by atoms with Crippen LogP contribution in [0.5, 0.6) is 0 Å².